The second-order valence-electron chi connectivity index (χ2n) is 7.19. The van der Waals surface area contributed by atoms with Crippen LogP contribution in [0.3, 0.4) is 0 Å². The Morgan fingerprint density at radius 2 is 1.80 bits per heavy atom. The van der Waals surface area contributed by atoms with Crippen LogP contribution in [-0.4, -0.2) is 57.7 Å². The Morgan fingerprint density at radius 1 is 1.10 bits per heavy atom. The zero-order valence-corrected chi connectivity index (χ0v) is 17.9. The first kappa shape index (κ1) is 20.6. The number of hydrogen-bond acceptors (Lipinski definition) is 6. The maximum Gasteiger partial charge on any atom is 0.233 e. The number of thioether (sulfide) groups is 1. The fraction of sp³-hybridized carbons (Fsp3) is 0.286. The van der Waals surface area contributed by atoms with Crippen LogP contribution >= 0.6 is 11.8 Å². The third-order valence-electron chi connectivity index (χ3n) is 5.00. The van der Waals surface area contributed by atoms with Gasteiger partial charge >= 0.3 is 0 Å². The van der Waals surface area contributed by atoms with E-state index in [1.165, 1.54) is 11.8 Å². The number of carbonyl (C=O) groups is 1. The lowest BCUT2D eigenvalue weighted by Crippen LogP contribution is -2.41. The van der Waals surface area contributed by atoms with E-state index in [1.54, 1.807) is 4.90 Å². The predicted molar refractivity (Wildman–Crippen MR) is 117 cm³/mol. The van der Waals surface area contributed by atoms with Gasteiger partial charge in [0, 0.05) is 18.2 Å². The van der Waals surface area contributed by atoms with Gasteiger partial charge in [-0.1, -0.05) is 72.4 Å². The van der Waals surface area contributed by atoms with Crippen molar-refractivity contribution in [3.8, 4) is 11.4 Å². The minimum absolute atomic E-state index is 0.0229. The van der Waals surface area contributed by atoms with Gasteiger partial charge in [0.25, 0.3) is 0 Å². The quantitative estimate of drug-likeness (QED) is 0.565. The molecule has 0 aliphatic carbocycles. The molecule has 1 aromatic heterocycles. The summed E-state index contributed by atoms with van der Waals surface area (Å²) in [6, 6.07) is 19.0. The van der Waals surface area contributed by atoms with Crippen LogP contribution in [0, 0.1) is 0 Å². The number of carbonyl (C=O) groups excluding carboxylic acids is 1. The van der Waals surface area contributed by atoms with Crippen LogP contribution in [0.5, 0.6) is 0 Å². The van der Waals surface area contributed by atoms with Gasteiger partial charge < -0.3 is 4.90 Å². The normalized spacial score (nSPS) is 17.7. The SMILES string of the molecule is O=C(CSc1n[nH]c(-c2ccccc2)n1)N(Cc1ccccc1)C1CCS(=O)(=O)C1. The number of H-pyrrole nitrogens is 1. The van der Waals surface area contributed by atoms with E-state index in [1.807, 2.05) is 60.7 Å². The molecule has 1 saturated heterocycles. The first-order valence-corrected chi connectivity index (χ1v) is 12.5. The number of aromatic nitrogens is 3. The molecule has 1 aliphatic heterocycles. The molecule has 1 aliphatic rings. The summed E-state index contributed by atoms with van der Waals surface area (Å²) < 4.78 is 23.9. The summed E-state index contributed by atoms with van der Waals surface area (Å²) in [6.07, 6.45) is 0.477. The number of sulfone groups is 1. The number of aromatic amines is 1. The summed E-state index contributed by atoms with van der Waals surface area (Å²) in [4.78, 5) is 19.2. The number of nitrogens with zero attached hydrogens (tertiary/aromatic N) is 3. The van der Waals surface area contributed by atoms with Crippen LogP contribution in [0.2, 0.25) is 0 Å². The van der Waals surface area contributed by atoms with Gasteiger partial charge in [-0.25, -0.2) is 13.4 Å². The van der Waals surface area contributed by atoms with E-state index in [2.05, 4.69) is 15.2 Å². The van der Waals surface area contributed by atoms with E-state index in [0.29, 0.717) is 23.9 Å². The maximum atomic E-state index is 13.0. The molecular weight excluding hydrogens is 420 g/mol. The lowest BCUT2D eigenvalue weighted by molar-refractivity contribution is -0.130. The van der Waals surface area contributed by atoms with Gasteiger partial charge in [0.05, 0.1) is 17.3 Å². The van der Waals surface area contributed by atoms with Crippen molar-refractivity contribution in [1.82, 2.24) is 20.1 Å². The van der Waals surface area contributed by atoms with Crippen LogP contribution < -0.4 is 0 Å². The van der Waals surface area contributed by atoms with Gasteiger partial charge in [0.15, 0.2) is 15.7 Å². The Hall–Kier alpha value is -2.65. The highest BCUT2D eigenvalue weighted by Crippen LogP contribution is 2.23. The van der Waals surface area contributed by atoms with Crippen LogP contribution in [0.4, 0.5) is 0 Å². The molecule has 0 radical (unpaired) electrons. The van der Waals surface area contributed by atoms with E-state index in [-0.39, 0.29) is 29.2 Å². The highest BCUT2D eigenvalue weighted by molar-refractivity contribution is 7.99. The molecule has 2 heterocycles. The van der Waals surface area contributed by atoms with Gasteiger partial charge in [-0.05, 0) is 12.0 Å². The molecule has 0 bridgehead atoms. The number of nitrogens with one attached hydrogen (secondary N) is 1. The van der Waals surface area contributed by atoms with Crippen molar-refractivity contribution in [3.05, 3.63) is 66.2 Å². The summed E-state index contributed by atoms with van der Waals surface area (Å²) in [5.74, 6) is 0.834. The summed E-state index contributed by atoms with van der Waals surface area (Å²) in [5, 5.41) is 7.57. The fourth-order valence-electron chi connectivity index (χ4n) is 3.47. The zero-order valence-electron chi connectivity index (χ0n) is 16.3. The van der Waals surface area contributed by atoms with Crippen LogP contribution in [0.15, 0.2) is 65.8 Å². The number of hydrogen-bond donors (Lipinski definition) is 1. The van der Waals surface area contributed by atoms with E-state index < -0.39 is 9.84 Å². The van der Waals surface area contributed by atoms with Crippen molar-refractivity contribution >= 4 is 27.5 Å². The topological polar surface area (TPSA) is 96.0 Å². The van der Waals surface area contributed by atoms with Gasteiger partial charge in [0.2, 0.25) is 11.1 Å². The van der Waals surface area contributed by atoms with E-state index in [4.69, 9.17) is 0 Å². The van der Waals surface area contributed by atoms with E-state index in [0.717, 1.165) is 11.1 Å². The molecule has 7 nitrogen and oxygen atoms in total. The smallest absolute Gasteiger partial charge is 0.233 e. The largest absolute Gasteiger partial charge is 0.334 e. The molecule has 30 heavy (non-hydrogen) atoms. The first-order chi connectivity index (χ1) is 14.5. The van der Waals surface area contributed by atoms with Crippen molar-refractivity contribution in [2.75, 3.05) is 17.3 Å². The molecule has 0 saturated carbocycles. The minimum Gasteiger partial charge on any atom is -0.334 e. The van der Waals surface area contributed by atoms with Crippen molar-refractivity contribution < 1.29 is 13.2 Å². The standard InChI is InChI=1S/C21H22N4O3S2/c26-19(14-29-21-22-20(23-24-21)17-9-5-2-6-10-17)25(13-16-7-3-1-4-8-16)18-11-12-30(27,28)15-18/h1-10,18H,11-15H2,(H,22,23,24). The molecule has 156 valence electrons. The van der Waals surface area contributed by atoms with Crippen molar-refractivity contribution in [2.45, 2.75) is 24.2 Å². The summed E-state index contributed by atoms with van der Waals surface area (Å²) in [5.41, 5.74) is 1.90. The minimum atomic E-state index is -3.09. The average Bonchev–Trinajstić information content (AvgIpc) is 3.38. The van der Waals surface area contributed by atoms with E-state index in [9.17, 15) is 13.2 Å². The predicted octanol–water partition coefficient (Wildman–Crippen LogP) is 2.78. The van der Waals surface area contributed by atoms with Crippen molar-refractivity contribution in [3.63, 3.8) is 0 Å². The molecule has 9 heteroatoms. The Balaban J connectivity index is 1.44. The average molecular weight is 443 g/mol. The fourth-order valence-corrected chi connectivity index (χ4v) is 5.88. The Bertz CT molecular complexity index is 1100. The van der Waals surface area contributed by atoms with E-state index >= 15 is 0 Å². The van der Waals surface area contributed by atoms with Gasteiger partial charge in [-0.3, -0.25) is 9.89 Å². The third-order valence-corrected chi connectivity index (χ3v) is 7.58. The van der Waals surface area contributed by atoms with Gasteiger partial charge in [-0.2, -0.15) is 0 Å². The lowest BCUT2D eigenvalue weighted by atomic mass is 10.1. The second-order valence-corrected chi connectivity index (χ2v) is 10.4. The number of rotatable bonds is 7. The summed E-state index contributed by atoms with van der Waals surface area (Å²) >= 11 is 1.25. The number of amides is 1. The molecule has 2 aromatic carbocycles. The van der Waals surface area contributed by atoms with Crippen LogP contribution in [0.25, 0.3) is 11.4 Å². The molecular formula is C21H22N4O3S2. The third kappa shape index (κ3) is 5.09. The Morgan fingerprint density at radius 3 is 2.47 bits per heavy atom. The summed E-state index contributed by atoms with van der Waals surface area (Å²) in [6.45, 7) is 0.393. The molecule has 3 aromatic rings. The molecule has 1 N–H and O–H groups in total. The van der Waals surface area contributed by atoms with Crippen LogP contribution in [-0.2, 0) is 21.2 Å². The monoisotopic (exact) mass is 442 g/mol. The highest BCUT2D eigenvalue weighted by Gasteiger charge is 2.34. The molecule has 4 rings (SSSR count). The Kier molecular flexibility index (Phi) is 6.19. The maximum absolute atomic E-state index is 13.0. The molecule has 1 fully saturated rings. The van der Waals surface area contributed by atoms with Gasteiger partial charge in [-0.15, -0.1) is 5.10 Å². The molecule has 1 unspecified atom stereocenters. The summed E-state index contributed by atoms with van der Waals surface area (Å²) in [7, 11) is -3.09. The second kappa shape index (κ2) is 9.01. The number of benzene rings is 2. The molecule has 0 spiro atoms. The van der Waals surface area contributed by atoms with Crippen LogP contribution in [0.1, 0.15) is 12.0 Å². The highest BCUT2D eigenvalue weighted by atomic mass is 32.2. The first-order valence-electron chi connectivity index (χ1n) is 9.65. The Labute approximate surface area is 179 Å². The molecule has 1 atom stereocenters. The molecule has 1 amide bonds. The lowest BCUT2D eigenvalue weighted by Gasteiger charge is -2.28. The van der Waals surface area contributed by atoms with Gasteiger partial charge in [0.1, 0.15) is 0 Å². The zero-order chi connectivity index (χ0) is 21.0. The van der Waals surface area contributed by atoms with Crippen molar-refractivity contribution in [1.29, 1.82) is 0 Å². The van der Waals surface area contributed by atoms with Crippen molar-refractivity contribution in [2.24, 2.45) is 0 Å².